The van der Waals surface area contributed by atoms with Crippen LogP contribution in [0.1, 0.15) is 183 Å². The molecule has 12 rings (SSSR count). The molecular weight excluding hydrogens is 1040 g/mol. The Balaban J connectivity index is 1.30. The Morgan fingerprint density at radius 1 is 0.349 bits per heavy atom. The molecule has 86 heavy (non-hydrogen) atoms. The van der Waals surface area contributed by atoms with E-state index in [-0.39, 0.29) is 44.6 Å². The highest BCUT2D eigenvalue weighted by Crippen LogP contribution is 2.55. The van der Waals surface area contributed by atoms with Gasteiger partial charge in [0.15, 0.2) is 0 Å². The first kappa shape index (κ1) is 58.8. The maximum atomic E-state index is 2.75. The van der Waals surface area contributed by atoms with E-state index in [2.05, 4.69) is 334 Å². The minimum absolute atomic E-state index is 0.0153. The lowest BCUT2D eigenvalue weighted by Gasteiger charge is -2.48. The smallest absolute Gasteiger partial charge is 0.252 e. The van der Waals surface area contributed by atoms with Gasteiger partial charge in [0.2, 0.25) is 0 Å². The molecule has 0 unspecified atom stereocenters. The first-order valence-corrected chi connectivity index (χ1v) is 31.8. The Hall–Kier alpha value is -7.56. The Kier molecular flexibility index (Phi) is 14.0. The molecule has 2 aliphatic heterocycles. The summed E-state index contributed by atoms with van der Waals surface area (Å²) >= 11 is 0. The average Bonchev–Trinajstić information content (AvgIpc) is 0.721. The van der Waals surface area contributed by atoms with Crippen molar-refractivity contribution in [3.8, 4) is 22.3 Å². The largest absolute Gasteiger partial charge is 0.311 e. The van der Waals surface area contributed by atoms with E-state index < -0.39 is 0 Å². The maximum Gasteiger partial charge on any atom is 0.252 e. The molecule has 0 aromatic heterocycles. The number of rotatable bonds is 7. The molecule has 0 fully saturated rings. The first-order chi connectivity index (χ1) is 40.3. The fraction of sp³-hybridized carbons (Fsp3) is 0.341. The standard InChI is InChI=1S/C82H92BN3/c1-76(2,3)55-33-38-59(39-34-55)84(60-40-35-56(36-41-60)77(4,5)6)62-47-73-75-74(48-62)86(70-50-63(53-27-22-20-23-28-53)65(80(13,14)15)49-64(70)54-29-24-21-25-30-54)72-52-67-66(81(16,17)43-44-82(67,18)19)51-69(72)83(75)68-42-37-58(79(10,11)12)46-71(68)85(73)61-32-26-31-57(45-61)78(7,8)9/h20-42,45-52H,43-44H2,1-19H3. The highest BCUT2D eigenvalue weighted by Gasteiger charge is 2.48. The Labute approximate surface area is 517 Å². The van der Waals surface area contributed by atoms with Gasteiger partial charge in [0.25, 0.3) is 6.71 Å². The molecule has 3 nitrogen and oxygen atoms in total. The molecule has 0 bridgehead atoms. The molecule has 1 aliphatic carbocycles. The second-order valence-corrected chi connectivity index (χ2v) is 31.9. The van der Waals surface area contributed by atoms with Gasteiger partial charge in [-0.3, -0.25) is 0 Å². The highest BCUT2D eigenvalue weighted by atomic mass is 15.2. The van der Waals surface area contributed by atoms with Crippen LogP contribution < -0.4 is 31.1 Å². The average molecular weight is 1130 g/mol. The van der Waals surface area contributed by atoms with E-state index in [1.165, 1.54) is 106 Å². The summed E-state index contributed by atoms with van der Waals surface area (Å²) in [5, 5.41) is 0. The summed E-state index contributed by atoms with van der Waals surface area (Å²) in [6, 6.07) is 73.8. The molecule has 4 heteroatoms. The van der Waals surface area contributed by atoms with Gasteiger partial charge in [0, 0.05) is 45.4 Å². The molecule has 0 N–H and O–H groups in total. The summed E-state index contributed by atoms with van der Waals surface area (Å²) in [4.78, 5) is 7.94. The molecule has 0 radical (unpaired) electrons. The van der Waals surface area contributed by atoms with Crippen LogP contribution in [0.4, 0.5) is 51.2 Å². The summed E-state index contributed by atoms with van der Waals surface area (Å²) in [6.45, 7) is 45.0. The zero-order valence-electron chi connectivity index (χ0n) is 55.2. The van der Waals surface area contributed by atoms with Crippen LogP contribution >= 0.6 is 0 Å². The zero-order chi connectivity index (χ0) is 61.4. The van der Waals surface area contributed by atoms with E-state index in [4.69, 9.17) is 0 Å². The van der Waals surface area contributed by atoms with Crippen molar-refractivity contribution in [2.24, 2.45) is 0 Å². The molecule has 0 amide bonds. The van der Waals surface area contributed by atoms with Crippen molar-refractivity contribution in [2.45, 2.75) is 182 Å². The molecule has 3 aliphatic rings. The van der Waals surface area contributed by atoms with Crippen molar-refractivity contribution in [1.29, 1.82) is 0 Å². The van der Waals surface area contributed by atoms with Crippen LogP contribution in [0.3, 0.4) is 0 Å². The molecule has 9 aromatic carbocycles. The van der Waals surface area contributed by atoms with E-state index in [1.54, 1.807) is 0 Å². The van der Waals surface area contributed by atoms with Crippen LogP contribution in [0.2, 0.25) is 0 Å². The summed E-state index contributed by atoms with van der Waals surface area (Å²) in [5.41, 5.74) is 28.4. The normalized spacial score (nSPS) is 15.4. The second kappa shape index (κ2) is 20.5. The van der Waals surface area contributed by atoms with E-state index in [1.807, 2.05) is 0 Å². The molecule has 9 aromatic rings. The summed E-state index contributed by atoms with van der Waals surface area (Å²) < 4.78 is 0. The van der Waals surface area contributed by atoms with Crippen LogP contribution in [0, 0.1) is 0 Å². The van der Waals surface area contributed by atoms with Gasteiger partial charge in [-0.25, -0.2) is 0 Å². The third-order valence-electron chi connectivity index (χ3n) is 19.5. The van der Waals surface area contributed by atoms with Crippen molar-refractivity contribution < 1.29 is 0 Å². The van der Waals surface area contributed by atoms with Crippen molar-refractivity contribution in [3.63, 3.8) is 0 Å². The number of hydrogen-bond acceptors (Lipinski definition) is 3. The van der Waals surface area contributed by atoms with Gasteiger partial charge >= 0.3 is 0 Å². The Morgan fingerprint density at radius 2 is 0.814 bits per heavy atom. The number of benzene rings is 9. The van der Waals surface area contributed by atoms with Gasteiger partial charge in [-0.2, -0.15) is 0 Å². The van der Waals surface area contributed by atoms with Gasteiger partial charge in [0.1, 0.15) is 0 Å². The molecule has 0 spiro atoms. The number of nitrogens with zero attached hydrogens (tertiary/aromatic N) is 3. The third kappa shape index (κ3) is 10.4. The van der Waals surface area contributed by atoms with E-state index in [0.717, 1.165) is 35.6 Å². The molecule has 0 atom stereocenters. The molecule has 438 valence electrons. The summed E-state index contributed by atoms with van der Waals surface area (Å²) in [7, 11) is 0. The van der Waals surface area contributed by atoms with Crippen molar-refractivity contribution in [3.05, 3.63) is 227 Å². The topological polar surface area (TPSA) is 9.72 Å². The Bertz CT molecular complexity index is 4000. The molecular formula is C82H92BN3. The fourth-order valence-electron chi connectivity index (χ4n) is 14.1. The third-order valence-corrected chi connectivity index (χ3v) is 19.5. The number of fused-ring (bicyclic) bond motifs is 5. The lowest BCUT2D eigenvalue weighted by Crippen LogP contribution is -2.62. The van der Waals surface area contributed by atoms with Crippen LogP contribution in [0.5, 0.6) is 0 Å². The highest BCUT2D eigenvalue weighted by molar-refractivity contribution is 7.00. The first-order valence-electron chi connectivity index (χ1n) is 31.8. The van der Waals surface area contributed by atoms with E-state index >= 15 is 0 Å². The van der Waals surface area contributed by atoms with Gasteiger partial charge in [-0.05, 0) is 196 Å². The lowest BCUT2D eigenvalue weighted by molar-refractivity contribution is 0.332. The molecule has 0 saturated carbocycles. The van der Waals surface area contributed by atoms with Crippen LogP contribution in [0.25, 0.3) is 22.3 Å². The van der Waals surface area contributed by atoms with Crippen LogP contribution in [-0.4, -0.2) is 6.71 Å². The number of hydrogen-bond donors (Lipinski definition) is 0. The van der Waals surface area contributed by atoms with E-state index in [0.29, 0.717) is 0 Å². The fourth-order valence-corrected chi connectivity index (χ4v) is 14.1. The van der Waals surface area contributed by atoms with Crippen molar-refractivity contribution in [1.82, 2.24) is 0 Å². The quantitative estimate of drug-likeness (QED) is 0.147. The predicted octanol–water partition coefficient (Wildman–Crippen LogP) is 21.4. The van der Waals surface area contributed by atoms with Crippen molar-refractivity contribution >= 4 is 74.3 Å². The van der Waals surface area contributed by atoms with Gasteiger partial charge < -0.3 is 14.7 Å². The monoisotopic (exact) mass is 1130 g/mol. The summed E-state index contributed by atoms with van der Waals surface area (Å²) in [6.07, 6.45) is 2.25. The van der Waals surface area contributed by atoms with Gasteiger partial charge in [-0.15, -0.1) is 0 Å². The maximum absolute atomic E-state index is 2.75. The zero-order valence-corrected chi connectivity index (χ0v) is 55.2. The SMILES string of the molecule is CC(C)(C)c1ccc(N(c2ccc(C(C)(C)C)cc2)c2cc3c4c(c2)N(c2cc(-c5ccccc5)c(C(C)(C)C)cc2-c2ccccc2)c2cc5c(cc2B4c2ccc(C(C)(C)C)cc2N3c2cccc(C(C)(C)C)c2)C(C)(C)CCC5(C)C)cc1. The summed E-state index contributed by atoms with van der Waals surface area (Å²) in [5.74, 6) is 0. The minimum atomic E-state index is -0.171. The lowest BCUT2D eigenvalue weighted by atomic mass is 9.33. The minimum Gasteiger partial charge on any atom is -0.311 e. The number of anilines is 9. The van der Waals surface area contributed by atoms with Crippen molar-refractivity contribution in [2.75, 3.05) is 14.7 Å². The van der Waals surface area contributed by atoms with Gasteiger partial charge in [-0.1, -0.05) is 247 Å². The second-order valence-electron chi connectivity index (χ2n) is 31.9. The van der Waals surface area contributed by atoms with Crippen LogP contribution in [-0.2, 0) is 37.9 Å². The van der Waals surface area contributed by atoms with E-state index in [9.17, 15) is 0 Å². The molecule has 0 saturated heterocycles. The predicted molar refractivity (Wildman–Crippen MR) is 375 cm³/mol. The molecule has 2 heterocycles. The van der Waals surface area contributed by atoms with Gasteiger partial charge in [0.05, 0.1) is 11.4 Å². The Morgan fingerprint density at radius 3 is 1.33 bits per heavy atom. The van der Waals surface area contributed by atoms with Crippen LogP contribution in [0.15, 0.2) is 188 Å².